The molecule has 1 fully saturated rings. The summed E-state index contributed by atoms with van der Waals surface area (Å²) in [5, 5.41) is 2.71. The summed E-state index contributed by atoms with van der Waals surface area (Å²) in [4.78, 5) is 12.7. The van der Waals surface area contributed by atoms with E-state index in [1.54, 1.807) is 6.92 Å². The van der Waals surface area contributed by atoms with Gasteiger partial charge < -0.3 is 10.2 Å². The highest BCUT2D eigenvalue weighted by Gasteiger charge is 2.35. The van der Waals surface area contributed by atoms with Crippen molar-refractivity contribution >= 4 is 6.03 Å². The van der Waals surface area contributed by atoms with Gasteiger partial charge in [0, 0.05) is 19.1 Å². The number of nitrogens with one attached hydrogen (secondary N) is 1. The Morgan fingerprint density at radius 3 is 2.44 bits per heavy atom. The van der Waals surface area contributed by atoms with Gasteiger partial charge in [-0.15, -0.1) is 0 Å². The summed E-state index contributed by atoms with van der Waals surface area (Å²) < 4.78 is 36.0. The number of rotatable bonds is 4. The number of hydrogen-bond acceptors (Lipinski definition) is 1. The number of carbonyl (C=O) groups excluding carboxylic acids is 1. The van der Waals surface area contributed by atoms with Crippen LogP contribution in [0.3, 0.4) is 0 Å². The minimum Gasteiger partial charge on any atom is -0.335 e. The molecule has 2 atom stereocenters. The van der Waals surface area contributed by atoms with Crippen LogP contribution in [-0.2, 0) is 0 Å². The average Bonchev–Trinajstić information content (AvgIpc) is 2.80. The van der Waals surface area contributed by atoms with Gasteiger partial charge in [0.25, 0.3) is 0 Å². The summed E-state index contributed by atoms with van der Waals surface area (Å²) in [5.74, 6) is 0.449. The molecule has 0 spiro atoms. The van der Waals surface area contributed by atoms with Crippen molar-refractivity contribution in [2.24, 2.45) is 5.92 Å². The first-order valence-electron chi connectivity index (χ1n) is 5.45. The molecular formula is C10H17F3N2O. The maximum Gasteiger partial charge on any atom is 0.390 e. The fraction of sp³-hybridized carbons (Fsp3) is 0.900. The Kier molecular flexibility index (Phi) is 4.04. The summed E-state index contributed by atoms with van der Waals surface area (Å²) >= 11 is 0. The van der Waals surface area contributed by atoms with E-state index in [0.29, 0.717) is 12.5 Å². The minimum atomic E-state index is -4.21. The third-order valence-electron chi connectivity index (χ3n) is 2.75. The van der Waals surface area contributed by atoms with Crippen molar-refractivity contribution < 1.29 is 18.0 Å². The quantitative estimate of drug-likeness (QED) is 0.801. The highest BCUT2D eigenvalue weighted by atomic mass is 19.4. The smallest absolute Gasteiger partial charge is 0.335 e. The third kappa shape index (κ3) is 4.28. The Bertz CT molecular complexity index is 255. The van der Waals surface area contributed by atoms with Crippen LogP contribution in [0, 0.1) is 5.92 Å². The van der Waals surface area contributed by atoms with Crippen molar-refractivity contribution in [2.75, 3.05) is 13.1 Å². The molecule has 0 aliphatic heterocycles. The third-order valence-corrected chi connectivity index (χ3v) is 2.75. The van der Waals surface area contributed by atoms with E-state index in [1.807, 2.05) is 6.92 Å². The zero-order valence-corrected chi connectivity index (χ0v) is 9.47. The highest BCUT2D eigenvalue weighted by Crippen LogP contribution is 2.29. The predicted octanol–water partition coefficient (Wildman–Crippen LogP) is 2.38. The summed E-state index contributed by atoms with van der Waals surface area (Å²) in [6, 6.07) is -0.242. The van der Waals surface area contributed by atoms with Gasteiger partial charge in [0.15, 0.2) is 0 Å². The van der Waals surface area contributed by atoms with Crippen LogP contribution in [0.25, 0.3) is 0 Å². The van der Waals surface area contributed by atoms with Gasteiger partial charge in [-0.2, -0.15) is 13.2 Å². The molecule has 6 heteroatoms. The molecule has 2 amide bonds. The van der Waals surface area contributed by atoms with Crippen LogP contribution in [0.15, 0.2) is 0 Å². The van der Waals surface area contributed by atoms with Gasteiger partial charge in [-0.1, -0.05) is 6.92 Å². The van der Waals surface area contributed by atoms with Gasteiger partial charge in [-0.25, -0.2) is 4.79 Å². The van der Waals surface area contributed by atoms with Crippen LogP contribution in [-0.4, -0.2) is 36.2 Å². The first-order chi connectivity index (χ1) is 7.33. The van der Waals surface area contributed by atoms with E-state index in [1.165, 1.54) is 4.90 Å². The summed E-state index contributed by atoms with van der Waals surface area (Å²) in [6.45, 7) is 3.69. The van der Waals surface area contributed by atoms with Crippen molar-refractivity contribution in [3.8, 4) is 0 Å². The van der Waals surface area contributed by atoms with Crippen molar-refractivity contribution in [3.05, 3.63) is 0 Å². The molecule has 1 rings (SSSR count). The van der Waals surface area contributed by atoms with E-state index >= 15 is 0 Å². The fourth-order valence-electron chi connectivity index (χ4n) is 1.44. The van der Waals surface area contributed by atoms with E-state index in [-0.39, 0.29) is 18.6 Å². The van der Waals surface area contributed by atoms with Gasteiger partial charge in [-0.05, 0) is 19.3 Å². The van der Waals surface area contributed by atoms with Crippen LogP contribution < -0.4 is 5.32 Å². The SMILES string of the molecule is CCN(CCC(F)(F)F)C(=O)N[C@@H]1C[C@H]1C. The molecule has 3 nitrogen and oxygen atoms in total. The maximum absolute atomic E-state index is 12.0. The van der Waals surface area contributed by atoms with Crippen LogP contribution in [0.5, 0.6) is 0 Å². The normalized spacial score (nSPS) is 24.1. The molecule has 94 valence electrons. The van der Waals surface area contributed by atoms with Crippen molar-refractivity contribution in [1.29, 1.82) is 0 Å². The molecule has 0 saturated heterocycles. The summed E-state index contributed by atoms with van der Waals surface area (Å²) in [5.41, 5.74) is 0. The van der Waals surface area contributed by atoms with Crippen LogP contribution in [0.4, 0.5) is 18.0 Å². The molecule has 1 aliphatic rings. The first-order valence-corrected chi connectivity index (χ1v) is 5.45. The van der Waals surface area contributed by atoms with Crippen molar-refractivity contribution in [3.63, 3.8) is 0 Å². The van der Waals surface area contributed by atoms with Crippen LogP contribution >= 0.6 is 0 Å². The largest absolute Gasteiger partial charge is 0.390 e. The van der Waals surface area contributed by atoms with E-state index in [9.17, 15) is 18.0 Å². The molecule has 0 aromatic heterocycles. The predicted molar refractivity (Wildman–Crippen MR) is 54.0 cm³/mol. The number of hydrogen-bond donors (Lipinski definition) is 1. The standard InChI is InChI=1S/C10H17F3N2O/c1-3-15(5-4-10(11,12)13)9(16)14-8-6-7(8)2/h7-8H,3-6H2,1-2H3,(H,14,16)/t7-,8-/m1/s1. The Hall–Kier alpha value is -0.940. The van der Waals surface area contributed by atoms with E-state index < -0.39 is 12.6 Å². The second kappa shape index (κ2) is 4.93. The number of halogens is 3. The van der Waals surface area contributed by atoms with E-state index in [0.717, 1.165) is 6.42 Å². The molecule has 16 heavy (non-hydrogen) atoms. The molecule has 0 aromatic rings. The van der Waals surface area contributed by atoms with Crippen LogP contribution in [0.2, 0.25) is 0 Å². The lowest BCUT2D eigenvalue weighted by molar-refractivity contribution is -0.136. The summed E-state index contributed by atoms with van der Waals surface area (Å²) in [7, 11) is 0. The number of carbonyl (C=O) groups is 1. The monoisotopic (exact) mass is 238 g/mol. The Balaban J connectivity index is 2.32. The molecule has 0 aromatic carbocycles. The van der Waals surface area contributed by atoms with E-state index in [2.05, 4.69) is 5.32 Å². The van der Waals surface area contributed by atoms with Gasteiger partial charge in [0.2, 0.25) is 0 Å². The fourth-order valence-corrected chi connectivity index (χ4v) is 1.44. The van der Waals surface area contributed by atoms with Gasteiger partial charge in [0.05, 0.1) is 6.42 Å². The number of urea groups is 1. The van der Waals surface area contributed by atoms with Gasteiger partial charge in [0.1, 0.15) is 0 Å². The van der Waals surface area contributed by atoms with Gasteiger partial charge in [-0.3, -0.25) is 0 Å². The Labute approximate surface area is 93.0 Å². The topological polar surface area (TPSA) is 32.3 Å². The molecule has 0 unspecified atom stereocenters. The molecule has 1 aliphatic carbocycles. The molecule has 0 bridgehead atoms. The maximum atomic E-state index is 12.0. The second-order valence-electron chi connectivity index (χ2n) is 4.21. The number of alkyl halides is 3. The lowest BCUT2D eigenvalue weighted by Gasteiger charge is -2.22. The zero-order valence-electron chi connectivity index (χ0n) is 9.47. The molecule has 1 N–H and O–H groups in total. The Morgan fingerprint density at radius 2 is 2.06 bits per heavy atom. The van der Waals surface area contributed by atoms with Crippen LogP contribution in [0.1, 0.15) is 26.7 Å². The molecule has 0 heterocycles. The zero-order chi connectivity index (χ0) is 12.3. The van der Waals surface area contributed by atoms with Gasteiger partial charge >= 0.3 is 12.2 Å². The van der Waals surface area contributed by atoms with E-state index in [4.69, 9.17) is 0 Å². The molecule has 1 saturated carbocycles. The summed E-state index contributed by atoms with van der Waals surface area (Å²) in [6.07, 6.45) is -4.24. The van der Waals surface area contributed by atoms with Crippen molar-refractivity contribution in [2.45, 2.75) is 38.9 Å². The van der Waals surface area contributed by atoms with Crippen molar-refractivity contribution in [1.82, 2.24) is 10.2 Å². The number of amides is 2. The minimum absolute atomic E-state index is 0.146. The Morgan fingerprint density at radius 1 is 1.50 bits per heavy atom. The molecule has 0 radical (unpaired) electrons. The lowest BCUT2D eigenvalue weighted by atomic mass is 10.4. The lowest BCUT2D eigenvalue weighted by Crippen LogP contribution is -2.42. The highest BCUT2D eigenvalue weighted by molar-refractivity contribution is 5.74. The average molecular weight is 238 g/mol. The molecular weight excluding hydrogens is 221 g/mol. The first kappa shape index (κ1) is 13.1. The second-order valence-corrected chi connectivity index (χ2v) is 4.21. The number of nitrogens with zero attached hydrogens (tertiary/aromatic N) is 1.